The Balaban J connectivity index is 1.57. The van der Waals surface area contributed by atoms with E-state index in [1.54, 1.807) is 30.3 Å². The van der Waals surface area contributed by atoms with Gasteiger partial charge in [0, 0.05) is 11.5 Å². The normalized spacial score (nSPS) is 11.0. The Hall–Kier alpha value is -2.84. The van der Waals surface area contributed by atoms with Crippen LogP contribution in [-0.4, -0.2) is 34.6 Å². The smallest absolute Gasteiger partial charge is 0.338 e. The second-order valence-corrected chi connectivity index (χ2v) is 9.16. The Bertz CT molecular complexity index is 1100. The molecule has 0 aromatic heterocycles. The molecule has 0 fully saturated rings. The first-order valence-corrected chi connectivity index (χ1v) is 11.3. The van der Waals surface area contributed by atoms with Crippen molar-refractivity contribution < 1.29 is 22.7 Å². The Morgan fingerprint density at radius 3 is 2.30 bits per heavy atom. The summed E-state index contributed by atoms with van der Waals surface area (Å²) < 4.78 is 38.3. The number of carbonyl (C=O) groups excluding carboxylic acids is 1. The van der Waals surface area contributed by atoms with Gasteiger partial charge in [-0.25, -0.2) is 13.2 Å². The van der Waals surface area contributed by atoms with E-state index in [-0.39, 0.29) is 23.7 Å². The van der Waals surface area contributed by atoms with Crippen LogP contribution in [0.25, 0.3) is 0 Å². The molecule has 0 amide bonds. The molecule has 3 rings (SSSR count). The first-order valence-electron chi connectivity index (χ1n) is 9.07. The molecule has 0 aliphatic carbocycles. The number of carbonyl (C=O) groups is 1. The fourth-order valence-electron chi connectivity index (χ4n) is 2.63. The number of benzene rings is 3. The van der Waals surface area contributed by atoms with Gasteiger partial charge in [0.15, 0.2) is 0 Å². The lowest BCUT2D eigenvalue weighted by atomic mass is 10.2. The zero-order chi connectivity index (χ0) is 21.6. The highest BCUT2D eigenvalue weighted by molar-refractivity contribution is 9.10. The van der Waals surface area contributed by atoms with Crippen molar-refractivity contribution in [2.45, 2.75) is 4.90 Å². The summed E-state index contributed by atoms with van der Waals surface area (Å²) in [7, 11) is -2.25. The summed E-state index contributed by atoms with van der Waals surface area (Å²) in [5.74, 6) is 0.116. The maximum absolute atomic E-state index is 12.8. The van der Waals surface area contributed by atoms with E-state index in [2.05, 4.69) is 15.9 Å². The fourth-order valence-corrected chi connectivity index (χ4v) is 4.21. The minimum Gasteiger partial charge on any atom is -0.490 e. The lowest BCUT2D eigenvalue weighted by Gasteiger charge is -2.19. The molecule has 0 aliphatic rings. The monoisotopic (exact) mass is 489 g/mol. The van der Waals surface area contributed by atoms with E-state index < -0.39 is 16.0 Å². The highest BCUT2D eigenvalue weighted by Gasteiger charge is 2.21. The zero-order valence-electron chi connectivity index (χ0n) is 16.2. The maximum atomic E-state index is 12.8. The molecule has 30 heavy (non-hydrogen) atoms. The molecular formula is C22H20BrNO5S. The van der Waals surface area contributed by atoms with Crippen LogP contribution in [0, 0.1) is 0 Å². The van der Waals surface area contributed by atoms with E-state index >= 15 is 0 Å². The van der Waals surface area contributed by atoms with Crippen LogP contribution >= 0.6 is 15.9 Å². The van der Waals surface area contributed by atoms with Crippen LogP contribution < -0.4 is 9.04 Å². The zero-order valence-corrected chi connectivity index (χ0v) is 18.6. The number of hydrogen-bond donors (Lipinski definition) is 0. The minimum atomic E-state index is -3.73. The first kappa shape index (κ1) is 21.9. The van der Waals surface area contributed by atoms with Crippen molar-refractivity contribution in [3.8, 4) is 5.75 Å². The van der Waals surface area contributed by atoms with Crippen molar-refractivity contribution >= 4 is 37.6 Å². The van der Waals surface area contributed by atoms with E-state index in [1.807, 2.05) is 24.3 Å². The van der Waals surface area contributed by atoms with Crippen molar-refractivity contribution in [1.29, 1.82) is 0 Å². The molecule has 0 unspecified atom stereocenters. The standard InChI is InChI=1S/C22H20BrNO5S/c1-24(19-7-3-2-4-8-19)30(26,27)21-12-10-17(11-13-21)22(25)29-15-14-28-20-9-5-6-18(23)16-20/h2-13,16H,14-15H2,1H3. The molecule has 3 aromatic carbocycles. The predicted molar refractivity (Wildman–Crippen MR) is 118 cm³/mol. The third-order valence-electron chi connectivity index (χ3n) is 4.25. The molecule has 0 N–H and O–H groups in total. The van der Waals surface area contributed by atoms with Crippen LogP contribution in [0.2, 0.25) is 0 Å². The van der Waals surface area contributed by atoms with Gasteiger partial charge in [0.1, 0.15) is 19.0 Å². The lowest BCUT2D eigenvalue weighted by molar-refractivity contribution is 0.0450. The molecule has 0 saturated carbocycles. The van der Waals surface area contributed by atoms with E-state index in [1.165, 1.54) is 35.6 Å². The summed E-state index contributed by atoms with van der Waals surface area (Å²) in [4.78, 5) is 12.3. The quantitative estimate of drug-likeness (QED) is 0.343. The molecule has 0 heterocycles. The molecule has 0 radical (unpaired) electrons. The van der Waals surface area contributed by atoms with E-state index in [4.69, 9.17) is 9.47 Å². The molecule has 6 nitrogen and oxygen atoms in total. The summed E-state index contributed by atoms with van der Waals surface area (Å²) in [6, 6.07) is 21.8. The van der Waals surface area contributed by atoms with Gasteiger partial charge >= 0.3 is 5.97 Å². The highest BCUT2D eigenvalue weighted by atomic mass is 79.9. The molecule has 0 bridgehead atoms. The van der Waals surface area contributed by atoms with Gasteiger partial charge in [0.25, 0.3) is 10.0 Å². The Morgan fingerprint density at radius 2 is 1.63 bits per heavy atom. The third kappa shape index (κ3) is 5.40. The number of anilines is 1. The van der Waals surface area contributed by atoms with Crippen LogP contribution in [-0.2, 0) is 14.8 Å². The van der Waals surface area contributed by atoms with Gasteiger partial charge < -0.3 is 9.47 Å². The van der Waals surface area contributed by atoms with Gasteiger partial charge in [-0.2, -0.15) is 0 Å². The molecule has 0 saturated heterocycles. The molecule has 3 aromatic rings. The summed E-state index contributed by atoms with van der Waals surface area (Å²) in [6.07, 6.45) is 0. The molecule has 0 aliphatic heterocycles. The van der Waals surface area contributed by atoms with Crippen LogP contribution in [0.5, 0.6) is 5.75 Å². The molecular weight excluding hydrogens is 470 g/mol. The first-order chi connectivity index (χ1) is 14.4. The largest absolute Gasteiger partial charge is 0.490 e. The number of para-hydroxylation sites is 1. The van der Waals surface area contributed by atoms with Crippen molar-refractivity contribution in [2.24, 2.45) is 0 Å². The number of halogens is 1. The van der Waals surface area contributed by atoms with E-state index in [0.717, 1.165) is 4.47 Å². The van der Waals surface area contributed by atoms with Crippen LogP contribution in [0.4, 0.5) is 5.69 Å². The van der Waals surface area contributed by atoms with Gasteiger partial charge in [0.2, 0.25) is 0 Å². The van der Waals surface area contributed by atoms with Gasteiger partial charge in [-0.05, 0) is 54.6 Å². The molecule has 8 heteroatoms. The molecule has 156 valence electrons. The number of ether oxygens (including phenoxy) is 2. The van der Waals surface area contributed by atoms with Crippen molar-refractivity contribution in [1.82, 2.24) is 0 Å². The number of sulfonamides is 1. The van der Waals surface area contributed by atoms with Crippen molar-refractivity contribution in [3.05, 3.63) is 88.9 Å². The summed E-state index contributed by atoms with van der Waals surface area (Å²) in [5, 5.41) is 0. The topological polar surface area (TPSA) is 72.9 Å². The van der Waals surface area contributed by atoms with Crippen LogP contribution in [0.1, 0.15) is 10.4 Å². The van der Waals surface area contributed by atoms with Crippen molar-refractivity contribution in [2.75, 3.05) is 24.6 Å². The lowest BCUT2D eigenvalue weighted by Crippen LogP contribution is -2.26. The van der Waals surface area contributed by atoms with Gasteiger partial charge in [-0.3, -0.25) is 4.31 Å². The number of nitrogens with zero attached hydrogens (tertiary/aromatic N) is 1. The van der Waals surface area contributed by atoms with Gasteiger partial charge in [-0.15, -0.1) is 0 Å². The Labute approximate surface area is 184 Å². The summed E-state index contributed by atoms with van der Waals surface area (Å²) >= 11 is 3.36. The third-order valence-corrected chi connectivity index (χ3v) is 6.54. The second kappa shape index (κ2) is 9.77. The number of hydrogen-bond acceptors (Lipinski definition) is 5. The average molecular weight is 490 g/mol. The van der Waals surface area contributed by atoms with E-state index in [0.29, 0.717) is 11.4 Å². The fraction of sp³-hybridized carbons (Fsp3) is 0.136. The van der Waals surface area contributed by atoms with Crippen LogP contribution in [0.15, 0.2) is 88.2 Å². The van der Waals surface area contributed by atoms with Crippen molar-refractivity contribution in [3.63, 3.8) is 0 Å². The Morgan fingerprint density at radius 1 is 0.933 bits per heavy atom. The molecule has 0 atom stereocenters. The highest BCUT2D eigenvalue weighted by Crippen LogP contribution is 2.22. The SMILES string of the molecule is CN(c1ccccc1)S(=O)(=O)c1ccc(C(=O)OCCOc2cccc(Br)c2)cc1. The van der Waals surface area contributed by atoms with Gasteiger partial charge in [-0.1, -0.05) is 40.2 Å². The average Bonchev–Trinajstić information content (AvgIpc) is 2.77. The maximum Gasteiger partial charge on any atom is 0.338 e. The number of esters is 1. The number of rotatable bonds is 8. The van der Waals surface area contributed by atoms with Gasteiger partial charge in [0.05, 0.1) is 16.1 Å². The predicted octanol–water partition coefficient (Wildman–Crippen LogP) is 4.51. The summed E-state index contributed by atoms with van der Waals surface area (Å²) in [5.41, 5.74) is 0.810. The Kier molecular flexibility index (Phi) is 7.12. The second-order valence-electron chi connectivity index (χ2n) is 6.27. The summed E-state index contributed by atoms with van der Waals surface area (Å²) in [6.45, 7) is 0.276. The van der Waals surface area contributed by atoms with Crippen LogP contribution in [0.3, 0.4) is 0 Å². The van der Waals surface area contributed by atoms with E-state index in [9.17, 15) is 13.2 Å². The minimum absolute atomic E-state index is 0.0716. The molecule has 0 spiro atoms.